The summed E-state index contributed by atoms with van der Waals surface area (Å²) in [5, 5.41) is 6.33. The third kappa shape index (κ3) is 7.01. The molecule has 1 aromatic carbocycles. The lowest BCUT2D eigenvalue weighted by molar-refractivity contribution is -0.133. The molecule has 0 bridgehead atoms. The standard InChI is InChI=1S/C22H36N4O2S/c1-3-5-13-22(14-6-4-2)20(28)26(21(23)25-22)16-10-15-24-19(27)17-29-18-11-8-7-9-12-18/h7-9,11-12,21,25H,3-6,10,13-17,23H2,1-2H3,(H,24,27). The number of amides is 2. The highest BCUT2D eigenvalue weighted by Crippen LogP contribution is 2.30. The maximum Gasteiger partial charge on any atom is 0.245 e. The van der Waals surface area contributed by atoms with Gasteiger partial charge in [-0.25, -0.2) is 0 Å². The fourth-order valence-electron chi connectivity index (χ4n) is 3.70. The Morgan fingerprint density at radius 1 is 1.17 bits per heavy atom. The van der Waals surface area contributed by atoms with Gasteiger partial charge in [-0.1, -0.05) is 57.7 Å². The van der Waals surface area contributed by atoms with E-state index in [-0.39, 0.29) is 11.8 Å². The Hall–Kier alpha value is -1.57. The Balaban J connectivity index is 1.76. The van der Waals surface area contributed by atoms with E-state index in [0.29, 0.717) is 25.3 Å². The quantitative estimate of drug-likeness (QED) is 0.337. The second kappa shape index (κ2) is 12.2. The van der Waals surface area contributed by atoms with Crippen molar-refractivity contribution >= 4 is 23.6 Å². The molecule has 162 valence electrons. The number of unbranched alkanes of at least 4 members (excludes halogenated alkanes) is 2. The first-order valence-corrected chi connectivity index (χ1v) is 11.8. The van der Waals surface area contributed by atoms with Crippen LogP contribution in [0.3, 0.4) is 0 Å². The lowest BCUT2D eigenvalue weighted by Crippen LogP contribution is -2.49. The van der Waals surface area contributed by atoms with Crippen molar-refractivity contribution in [2.45, 2.75) is 75.5 Å². The second-order valence-electron chi connectivity index (χ2n) is 7.68. The third-order valence-electron chi connectivity index (χ3n) is 5.36. The molecule has 2 rings (SSSR count). The summed E-state index contributed by atoms with van der Waals surface area (Å²) in [6.45, 7) is 5.38. The van der Waals surface area contributed by atoms with Crippen LogP contribution in [0, 0.1) is 0 Å². The van der Waals surface area contributed by atoms with E-state index >= 15 is 0 Å². The van der Waals surface area contributed by atoms with Crippen molar-refractivity contribution in [2.24, 2.45) is 5.73 Å². The van der Waals surface area contributed by atoms with Crippen LogP contribution in [0.2, 0.25) is 0 Å². The molecular weight excluding hydrogens is 384 g/mol. The van der Waals surface area contributed by atoms with Crippen LogP contribution in [0.5, 0.6) is 0 Å². The van der Waals surface area contributed by atoms with Gasteiger partial charge >= 0.3 is 0 Å². The molecule has 1 heterocycles. The first-order valence-electron chi connectivity index (χ1n) is 10.8. The summed E-state index contributed by atoms with van der Waals surface area (Å²) in [6, 6.07) is 9.88. The van der Waals surface area contributed by atoms with Gasteiger partial charge in [0.15, 0.2) is 0 Å². The Morgan fingerprint density at radius 3 is 2.45 bits per heavy atom. The molecule has 1 aromatic rings. The zero-order chi connectivity index (χ0) is 21.1. The van der Waals surface area contributed by atoms with Crippen molar-refractivity contribution in [2.75, 3.05) is 18.8 Å². The number of carbonyl (C=O) groups is 2. The van der Waals surface area contributed by atoms with E-state index in [4.69, 9.17) is 5.73 Å². The van der Waals surface area contributed by atoms with Crippen LogP contribution in [0.4, 0.5) is 0 Å². The molecule has 1 unspecified atom stereocenters. The molecule has 1 aliphatic heterocycles. The summed E-state index contributed by atoms with van der Waals surface area (Å²) < 4.78 is 0. The monoisotopic (exact) mass is 420 g/mol. The van der Waals surface area contributed by atoms with Crippen molar-refractivity contribution in [1.29, 1.82) is 0 Å². The van der Waals surface area contributed by atoms with Gasteiger partial charge < -0.3 is 10.2 Å². The van der Waals surface area contributed by atoms with Crippen LogP contribution >= 0.6 is 11.8 Å². The summed E-state index contributed by atoms with van der Waals surface area (Å²) in [6.07, 6.45) is 6.06. The third-order valence-corrected chi connectivity index (χ3v) is 6.37. The molecule has 0 aromatic heterocycles. The molecule has 1 fully saturated rings. The summed E-state index contributed by atoms with van der Waals surface area (Å²) in [7, 11) is 0. The van der Waals surface area contributed by atoms with Gasteiger partial charge in [0.25, 0.3) is 0 Å². The minimum absolute atomic E-state index is 0.00858. The number of nitrogens with two attached hydrogens (primary N) is 1. The zero-order valence-corrected chi connectivity index (χ0v) is 18.6. The average Bonchev–Trinajstić information content (AvgIpc) is 2.97. The number of hydrogen-bond acceptors (Lipinski definition) is 5. The highest BCUT2D eigenvalue weighted by molar-refractivity contribution is 8.00. The molecule has 0 saturated carbocycles. The van der Waals surface area contributed by atoms with Gasteiger partial charge in [0.1, 0.15) is 11.8 Å². The molecule has 2 amide bonds. The molecule has 0 aliphatic carbocycles. The summed E-state index contributed by atoms with van der Waals surface area (Å²) in [5.74, 6) is 0.525. The van der Waals surface area contributed by atoms with Crippen molar-refractivity contribution in [1.82, 2.24) is 15.5 Å². The topological polar surface area (TPSA) is 87.5 Å². The highest BCUT2D eigenvalue weighted by atomic mass is 32.2. The first kappa shape index (κ1) is 23.7. The first-order chi connectivity index (χ1) is 14.0. The molecule has 4 N–H and O–H groups in total. The number of nitrogens with zero attached hydrogens (tertiary/aromatic N) is 1. The van der Waals surface area contributed by atoms with E-state index in [1.54, 1.807) is 4.90 Å². The predicted molar refractivity (Wildman–Crippen MR) is 119 cm³/mol. The van der Waals surface area contributed by atoms with E-state index in [9.17, 15) is 9.59 Å². The summed E-state index contributed by atoms with van der Waals surface area (Å²) >= 11 is 1.52. The molecule has 6 nitrogen and oxygen atoms in total. The normalized spacial score (nSPS) is 18.2. The number of nitrogens with one attached hydrogen (secondary N) is 2. The molecule has 1 atom stereocenters. The Labute approximate surface area is 179 Å². The second-order valence-corrected chi connectivity index (χ2v) is 8.73. The van der Waals surface area contributed by atoms with Gasteiger partial charge in [-0.3, -0.25) is 20.6 Å². The van der Waals surface area contributed by atoms with Gasteiger partial charge in [-0.2, -0.15) is 0 Å². The van der Waals surface area contributed by atoms with Crippen LogP contribution in [0.25, 0.3) is 0 Å². The Morgan fingerprint density at radius 2 is 1.83 bits per heavy atom. The number of benzene rings is 1. The average molecular weight is 421 g/mol. The SMILES string of the molecule is CCCCC1(CCCC)NC(N)N(CCCNC(=O)CSc2ccccc2)C1=O. The van der Waals surface area contributed by atoms with Gasteiger partial charge in [-0.15, -0.1) is 11.8 Å². The predicted octanol–water partition coefficient (Wildman–Crippen LogP) is 3.08. The molecule has 1 saturated heterocycles. The van der Waals surface area contributed by atoms with Crippen molar-refractivity contribution in [3.8, 4) is 0 Å². The Kier molecular flexibility index (Phi) is 9.97. The minimum Gasteiger partial charge on any atom is -0.355 e. The van der Waals surface area contributed by atoms with E-state index in [1.165, 1.54) is 11.8 Å². The molecule has 7 heteroatoms. The van der Waals surface area contributed by atoms with Gasteiger partial charge in [0, 0.05) is 18.0 Å². The maximum atomic E-state index is 13.1. The highest BCUT2D eigenvalue weighted by Gasteiger charge is 2.48. The van der Waals surface area contributed by atoms with E-state index in [1.807, 2.05) is 30.3 Å². The van der Waals surface area contributed by atoms with Crippen LogP contribution in [0.1, 0.15) is 58.8 Å². The Bertz CT molecular complexity index is 633. The van der Waals surface area contributed by atoms with Gasteiger partial charge in [0.05, 0.1) is 5.75 Å². The number of thioether (sulfide) groups is 1. The van der Waals surface area contributed by atoms with Crippen molar-refractivity contribution in [3.63, 3.8) is 0 Å². The number of carbonyl (C=O) groups excluding carboxylic acids is 2. The number of rotatable bonds is 13. The van der Waals surface area contributed by atoms with Gasteiger partial charge in [0.2, 0.25) is 11.8 Å². The summed E-state index contributed by atoms with van der Waals surface area (Å²) in [5.41, 5.74) is 5.73. The van der Waals surface area contributed by atoms with Crippen LogP contribution in [-0.2, 0) is 9.59 Å². The van der Waals surface area contributed by atoms with Crippen LogP contribution < -0.4 is 16.4 Å². The zero-order valence-electron chi connectivity index (χ0n) is 17.8. The smallest absolute Gasteiger partial charge is 0.245 e. The molecular formula is C22H36N4O2S. The lowest BCUT2D eigenvalue weighted by Gasteiger charge is -2.27. The van der Waals surface area contributed by atoms with E-state index in [0.717, 1.165) is 43.4 Å². The summed E-state index contributed by atoms with van der Waals surface area (Å²) in [4.78, 5) is 28.0. The minimum atomic E-state index is -0.513. The lowest BCUT2D eigenvalue weighted by atomic mass is 9.87. The molecule has 0 radical (unpaired) electrons. The molecule has 1 aliphatic rings. The largest absolute Gasteiger partial charge is 0.355 e. The van der Waals surface area contributed by atoms with E-state index < -0.39 is 11.8 Å². The maximum absolute atomic E-state index is 13.1. The van der Waals surface area contributed by atoms with E-state index in [2.05, 4.69) is 24.5 Å². The fraction of sp³-hybridized carbons (Fsp3) is 0.636. The van der Waals surface area contributed by atoms with Crippen LogP contribution in [0.15, 0.2) is 35.2 Å². The van der Waals surface area contributed by atoms with Crippen LogP contribution in [-0.4, -0.2) is 47.4 Å². The number of hydrogen-bond donors (Lipinski definition) is 3. The molecule has 0 spiro atoms. The van der Waals surface area contributed by atoms with Crippen molar-refractivity contribution in [3.05, 3.63) is 30.3 Å². The molecule has 29 heavy (non-hydrogen) atoms. The fourth-order valence-corrected chi connectivity index (χ4v) is 4.45. The van der Waals surface area contributed by atoms with Crippen molar-refractivity contribution < 1.29 is 9.59 Å². The van der Waals surface area contributed by atoms with Gasteiger partial charge in [-0.05, 0) is 31.4 Å².